The molecule has 45 heavy (non-hydrogen) atoms. The summed E-state index contributed by atoms with van der Waals surface area (Å²) in [5.41, 5.74) is -9.40. The van der Waals surface area contributed by atoms with Crippen LogP contribution < -0.4 is 9.80 Å². The van der Waals surface area contributed by atoms with Gasteiger partial charge in [0, 0.05) is 7.14 Å². The second-order valence-corrected chi connectivity index (χ2v) is 12.6. The highest BCUT2D eigenvalue weighted by atomic mass is 127. The molecular formula is C31H14F6I2N2O4. The summed E-state index contributed by atoms with van der Waals surface area (Å²) in [6, 6.07) is 15.3. The molecule has 0 aromatic heterocycles. The molecule has 2 heterocycles. The van der Waals surface area contributed by atoms with E-state index in [1.807, 2.05) is 45.2 Å². The van der Waals surface area contributed by atoms with Crippen molar-refractivity contribution in [2.45, 2.75) is 17.8 Å². The molecule has 6 nitrogen and oxygen atoms in total. The average molecular weight is 846 g/mol. The van der Waals surface area contributed by atoms with E-state index in [0.29, 0.717) is 34.1 Å². The Kier molecular flexibility index (Phi) is 7.37. The third-order valence-electron chi connectivity index (χ3n) is 7.66. The van der Waals surface area contributed by atoms with Gasteiger partial charge in [0.25, 0.3) is 23.6 Å². The molecule has 0 spiro atoms. The number of nitrogens with zero attached hydrogens (tertiary/aromatic N) is 2. The fraction of sp³-hybridized carbons (Fsp3) is 0.0968. The molecule has 6 rings (SSSR count). The molecule has 4 aromatic rings. The fourth-order valence-electron chi connectivity index (χ4n) is 5.58. The summed E-state index contributed by atoms with van der Waals surface area (Å²) in [4.78, 5) is 54.0. The van der Waals surface area contributed by atoms with Gasteiger partial charge >= 0.3 is 12.4 Å². The number of benzene rings is 4. The summed E-state index contributed by atoms with van der Waals surface area (Å²) in [7, 11) is 0. The van der Waals surface area contributed by atoms with E-state index in [1.54, 1.807) is 24.3 Å². The van der Waals surface area contributed by atoms with Crippen molar-refractivity contribution in [3.63, 3.8) is 0 Å². The monoisotopic (exact) mass is 846 g/mol. The molecule has 0 unspecified atom stereocenters. The number of hydrogen-bond donors (Lipinski definition) is 0. The maximum atomic E-state index is 15.0. The number of anilines is 2. The molecule has 4 amide bonds. The van der Waals surface area contributed by atoms with E-state index in [9.17, 15) is 19.2 Å². The lowest BCUT2D eigenvalue weighted by molar-refractivity contribution is -0.288. The molecule has 228 valence electrons. The van der Waals surface area contributed by atoms with Crippen LogP contribution in [-0.2, 0) is 5.41 Å². The first-order valence-corrected chi connectivity index (χ1v) is 14.9. The van der Waals surface area contributed by atoms with E-state index in [1.165, 1.54) is 24.3 Å². The summed E-state index contributed by atoms with van der Waals surface area (Å²) in [5.74, 6) is -4.02. The first-order chi connectivity index (χ1) is 21.1. The number of alkyl halides is 6. The Hall–Kier alpha value is -3.80. The van der Waals surface area contributed by atoms with Crippen LogP contribution in [0.5, 0.6) is 0 Å². The third-order valence-corrected chi connectivity index (χ3v) is 9.10. The lowest BCUT2D eigenvalue weighted by Gasteiger charge is -2.38. The fourth-order valence-corrected chi connectivity index (χ4v) is 6.30. The molecule has 0 saturated carbocycles. The maximum absolute atomic E-state index is 15.0. The minimum absolute atomic E-state index is 0.0838. The van der Waals surface area contributed by atoms with Crippen molar-refractivity contribution in [3.8, 4) is 0 Å². The van der Waals surface area contributed by atoms with E-state index in [2.05, 4.69) is 0 Å². The van der Waals surface area contributed by atoms with Crippen molar-refractivity contribution < 1.29 is 45.5 Å². The van der Waals surface area contributed by atoms with E-state index in [0.717, 1.165) is 19.3 Å². The van der Waals surface area contributed by atoms with Crippen molar-refractivity contribution in [1.29, 1.82) is 0 Å². The van der Waals surface area contributed by atoms with Crippen molar-refractivity contribution in [2.75, 3.05) is 9.80 Å². The van der Waals surface area contributed by atoms with Gasteiger partial charge in [-0.15, -0.1) is 0 Å². The van der Waals surface area contributed by atoms with Gasteiger partial charge in [-0.25, -0.2) is 9.80 Å². The summed E-state index contributed by atoms with van der Waals surface area (Å²) in [6.45, 7) is 0. The van der Waals surface area contributed by atoms with Crippen LogP contribution in [0.4, 0.5) is 37.7 Å². The third kappa shape index (κ3) is 4.66. The molecule has 0 bridgehead atoms. The lowest BCUT2D eigenvalue weighted by Crippen LogP contribution is -2.55. The zero-order valence-corrected chi connectivity index (χ0v) is 26.4. The number of hydrogen-bond acceptors (Lipinski definition) is 4. The van der Waals surface area contributed by atoms with Crippen molar-refractivity contribution >= 4 is 80.2 Å². The van der Waals surface area contributed by atoms with E-state index < -0.39 is 63.7 Å². The normalized spacial score (nSPS) is 15.2. The minimum atomic E-state index is -6.06. The van der Waals surface area contributed by atoms with E-state index in [-0.39, 0.29) is 22.5 Å². The number of imide groups is 2. The largest absolute Gasteiger partial charge is 0.411 e. The quantitative estimate of drug-likeness (QED) is 0.119. The van der Waals surface area contributed by atoms with Gasteiger partial charge < -0.3 is 0 Å². The molecule has 0 saturated heterocycles. The van der Waals surface area contributed by atoms with Gasteiger partial charge in [0.05, 0.1) is 33.6 Å². The average Bonchev–Trinajstić information content (AvgIpc) is 3.36. The predicted octanol–water partition coefficient (Wildman–Crippen LogP) is 7.91. The molecule has 0 atom stereocenters. The Balaban J connectivity index is 1.51. The lowest BCUT2D eigenvalue weighted by atomic mass is 9.71. The zero-order valence-electron chi connectivity index (χ0n) is 22.1. The molecule has 0 N–H and O–H groups in total. The second kappa shape index (κ2) is 10.6. The van der Waals surface area contributed by atoms with Gasteiger partial charge in [0.1, 0.15) is 0 Å². The van der Waals surface area contributed by atoms with Gasteiger partial charge in [-0.1, -0.05) is 12.1 Å². The molecule has 0 fully saturated rings. The predicted molar refractivity (Wildman–Crippen MR) is 166 cm³/mol. The highest BCUT2D eigenvalue weighted by molar-refractivity contribution is 14.1. The zero-order chi connectivity index (χ0) is 32.6. The van der Waals surface area contributed by atoms with Crippen LogP contribution in [0.15, 0.2) is 84.9 Å². The Morgan fingerprint density at radius 2 is 0.756 bits per heavy atom. The maximum Gasteiger partial charge on any atom is 0.411 e. The molecule has 0 aliphatic carbocycles. The number of halogens is 8. The number of carbonyl (C=O) groups excluding carboxylic acids is 4. The summed E-state index contributed by atoms with van der Waals surface area (Å²) in [5, 5.41) is 0. The Morgan fingerprint density at radius 1 is 0.444 bits per heavy atom. The van der Waals surface area contributed by atoms with Gasteiger partial charge in [-0.05, 0) is 129 Å². The van der Waals surface area contributed by atoms with E-state index >= 15 is 26.3 Å². The molecule has 4 aromatic carbocycles. The number of amides is 4. The van der Waals surface area contributed by atoms with Crippen molar-refractivity contribution in [2.24, 2.45) is 0 Å². The van der Waals surface area contributed by atoms with Crippen LogP contribution in [0.1, 0.15) is 52.6 Å². The topological polar surface area (TPSA) is 74.8 Å². The standard InChI is InChI=1S/C31H14F6I2N2O4/c32-30(33,34)29(31(35,36)37,15-1-11-21-23(13-15)27(44)40(25(21)42)19-7-3-17(38)4-8-19)16-2-12-22-24(14-16)28(45)41(26(22)43)20-9-5-18(39)6-10-20/h1-14H. The second-order valence-electron chi connectivity index (χ2n) is 10.1. The Bertz CT molecular complexity index is 1800. The molecule has 2 aliphatic rings. The van der Waals surface area contributed by atoms with Crippen LogP contribution in [0, 0.1) is 7.14 Å². The highest BCUT2D eigenvalue weighted by Gasteiger charge is 2.73. The molecule has 14 heteroatoms. The molecular weight excluding hydrogens is 832 g/mol. The Morgan fingerprint density at radius 3 is 1.07 bits per heavy atom. The van der Waals surface area contributed by atoms with Crippen molar-refractivity contribution in [3.05, 3.63) is 125 Å². The van der Waals surface area contributed by atoms with Gasteiger partial charge in [0.2, 0.25) is 5.41 Å². The first kappa shape index (κ1) is 31.2. The van der Waals surface area contributed by atoms with Gasteiger partial charge in [0.15, 0.2) is 0 Å². The van der Waals surface area contributed by atoms with Crippen LogP contribution in [0.2, 0.25) is 0 Å². The van der Waals surface area contributed by atoms with Crippen LogP contribution in [0.3, 0.4) is 0 Å². The molecule has 0 radical (unpaired) electrons. The smallest absolute Gasteiger partial charge is 0.268 e. The van der Waals surface area contributed by atoms with Crippen LogP contribution in [0.25, 0.3) is 0 Å². The first-order valence-electron chi connectivity index (χ1n) is 12.8. The van der Waals surface area contributed by atoms with Gasteiger partial charge in [-0.2, -0.15) is 26.3 Å². The summed E-state index contributed by atoms with van der Waals surface area (Å²) >= 11 is 3.96. The van der Waals surface area contributed by atoms with Crippen LogP contribution >= 0.6 is 45.2 Å². The summed E-state index contributed by atoms with van der Waals surface area (Å²) in [6.07, 6.45) is -12.1. The number of fused-ring (bicyclic) bond motifs is 2. The number of rotatable bonds is 4. The van der Waals surface area contributed by atoms with Crippen LogP contribution in [-0.4, -0.2) is 36.0 Å². The highest BCUT2D eigenvalue weighted by Crippen LogP contribution is 2.57. The van der Waals surface area contributed by atoms with Crippen molar-refractivity contribution in [1.82, 2.24) is 0 Å². The van der Waals surface area contributed by atoms with Gasteiger partial charge in [-0.3, -0.25) is 19.2 Å². The number of carbonyl (C=O) groups is 4. The molecule has 2 aliphatic heterocycles. The minimum Gasteiger partial charge on any atom is -0.268 e. The SMILES string of the molecule is O=C1c2ccc(C(c3ccc4c(c3)C(=O)N(c3ccc(I)cc3)C4=O)(C(F)(F)F)C(F)(F)F)cc2C(=O)N1c1ccc(I)cc1. The van der Waals surface area contributed by atoms with E-state index in [4.69, 9.17) is 0 Å². The Labute approximate surface area is 277 Å². The summed E-state index contributed by atoms with van der Waals surface area (Å²) < 4.78 is 91.6.